The number of aliphatic hydroxyl groups excluding tert-OH is 1. The van der Waals surface area contributed by atoms with Crippen molar-refractivity contribution in [1.29, 1.82) is 0 Å². The SMILES string of the molecule is CC1(C)O[C@H]2C3=C4[C@@H](CCCC[C@@]42O1)C(C(C)(C)O)/C=C\C=C/3CO. The van der Waals surface area contributed by atoms with E-state index >= 15 is 0 Å². The first kappa shape index (κ1) is 17.5. The Kier molecular flexibility index (Phi) is 3.86. The molecule has 3 aliphatic carbocycles. The molecule has 4 aliphatic rings. The molecule has 0 aromatic heterocycles. The van der Waals surface area contributed by atoms with Crippen LogP contribution in [0.5, 0.6) is 0 Å². The van der Waals surface area contributed by atoms with Gasteiger partial charge in [0.25, 0.3) is 0 Å². The summed E-state index contributed by atoms with van der Waals surface area (Å²) in [5.74, 6) is -0.381. The monoisotopic (exact) mass is 346 g/mol. The molecule has 1 saturated carbocycles. The molecule has 4 heteroatoms. The molecular weight excluding hydrogens is 316 g/mol. The maximum absolute atomic E-state index is 10.8. The number of aliphatic hydroxyl groups is 2. The zero-order valence-corrected chi connectivity index (χ0v) is 15.7. The number of ether oxygens (including phenoxy) is 2. The van der Waals surface area contributed by atoms with E-state index in [1.165, 1.54) is 5.57 Å². The molecule has 1 unspecified atom stereocenters. The van der Waals surface area contributed by atoms with Gasteiger partial charge < -0.3 is 19.7 Å². The van der Waals surface area contributed by atoms with Crippen molar-refractivity contribution in [3.05, 3.63) is 34.9 Å². The largest absolute Gasteiger partial charge is 0.392 e. The number of hydrogen-bond donors (Lipinski definition) is 2. The van der Waals surface area contributed by atoms with Crippen LogP contribution in [0.3, 0.4) is 0 Å². The first-order valence-electron chi connectivity index (χ1n) is 9.53. The zero-order valence-electron chi connectivity index (χ0n) is 15.7. The number of fused-ring (bicyclic) bond motifs is 1. The van der Waals surface area contributed by atoms with Crippen LogP contribution in [0.2, 0.25) is 0 Å². The Morgan fingerprint density at radius 2 is 2.04 bits per heavy atom. The smallest absolute Gasteiger partial charge is 0.165 e. The summed E-state index contributed by atoms with van der Waals surface area (Å²) in [6.45, 7) is 7.74. The molecule has 0 aromatic carbocycles. The highest BCUT2D eigenvalue weighted by Gasteiger charge is 2.66. The van der Waals surface area contributed by atoms with Gasteiger partial charge in [-0.15, -0.1) is 0 Å². The van der Waals surface area contributed by atoms with Crippen molar-refractivity contribution < 1.29 is 19.7 Å². The molecular formula is C21H30O4. The molecule has 0 radical (unpaired) electrons. The van der Waals surface area contributed by atoms with Gasteiger partial charge in [0.05, 0.1) is 12.2 Å². The van der Waals surface area contributed by atoms with E-state index in [0.29, 0.717) is 0 Å². The quantitative estimate of drug-likeness (QED) is 0.806. The summed E-state index contributed by atoms with van der Waals surface area (Å²) >= 11 is 0. The normalized spacial score (nSPS) is 43.0. The summed E-state index contributed by atoms with van der Waals surface area (Å²) in [5, 5.41) is 20.8. The molecule has 2 fully saturated rings. The lowest BCUT2D eigenvalue weighted by Gasteiger charge is -2.51. The minimum absolute atomic E-state index is 0.000549. The summed E-state index contributed by atoms with van der Waals surface area (Å²) in [4.78, 5) is 0. The van der Waals surface area contributed by atoms with Gasteiger partial charge in [0, 0.05) is 5.92 Å². The minimum atomic E-state index is -0.810. The Labute approximate surface area is 150 Å². The van der Waals surface area contributed by atoms with Crippen LogP contribution in [-0.4, -0.2) is 39.9 Å². The van der Waals surface area contributed by atoms with Crippen molar-refractivity contribution in [3.8, 4) is 0 Å². The number of rotatable bonds is 2. The second-order valence-electron chi connectivity index (χ2n) is 8.98. The average molecular weight is 346 g/mol. The summed E-state index contributed by atoms with van der Waals surface area (Å²) in [7, 11) is 0. The number of hydrogen-bond acceptors (Lipinski definition) is 4. The first-order chi connectivity index (χ1) is 11.7. The molecule has 0 amide bonds. The Hall–Kier alpha value is -0.940. The maximum atomic E-state index is 10.8. The van der Waals surface area contributed by atoms with Crippen molar-refractivity contribution in [3.63, 3.8) is 0 Å². The van der Waals surface area contributed by atoms with Gasteiger partial charge in [-0.1, -0.05) is 31.1 Å². The molecule has 1 heterocycles. The van der Waals surface area contributed by atoms with Crippen LogP contribution in [0.25, 0.3) is 0 Å². The van der Waals surface area contributed by atoms with Gasteiger partial charge in [-0.2, -0.15) is 0 Å². The van der Waals surface area contributed by atoms with Gasteiger partial charge >= 0.3 is 0 Å². The van der Waals surface area contributed by atoms with Gasteiger partial charge in [-0.3, -0.25) is 0 Å². The van der Waals surface area contributed by atoms with Crippen LogP contribution in [0.15, 0.2) is 34.9 Å². The summed E-state index contributed by atoms with van der Waals surface area (Å²) in [5.41, 5.74) is 2.13. The molecule has 4 rings (SSSR count). The predicted octanol–water partition coefficient (Wildman–Crippen LogP) is 3.25. The fraction of sp³-hybridized carbons (Fsp3) is 0.714. The van der Waals surface area contributed by atoms with Gasteiger partial charge in [0.15, 0.2) is 5.79 Å². The van der Waals surface area contributed by atoms with Crippen LogP contribution < -0.4 is 0 Å². The number of allylic oxidation sites excluding steroid dienone is 2. The molecule has 2 N–H and O–H groups in total. The lowest BCUT2D eigenvalue weighted by atomic mass is 9.58. The van der Waals surface area contributed by atoms with E-state index in [0.717, 1.165) is 36.8 Å². The van der Waals surface area contributed by atoms with E-state index in [1.807, 2.05) is 39.8 Å². The molecule has 4 nitrogen and oxygen atoms in total. The van der Waals surface area contributed by atoms with Crippen LogP contribution >= 0.6 is 0 Å². The van der Waals surface area contributed by atoms with Gasteiger partial charge in [-0.25, -0.2) is 0 Å². The third kappa shape index (κ3) is 2.49. The Morgan fingerprint density at radius 1 is 1.28 bits per heavy atom. The molecule has 1 spiro atoms. The van der Waals surface area contributed by atoms with Crippen LogP contribution in [0.4, 0.5) is 0 Å². The molecule has 25 heavy (non-hydrogen) atoms. The molecule has 0 aromatic rings. The minimum Gasteiger partial charge on any atom is -0.392 e. The van der Waals surface area contributed by atoms with E-state index in [2.05, 4.69) is 6.08 Å². The third-order valence-electron chi connectivity index (χ3n) is 6.33. The lowest BCUT2D eigenvalue weighted by molar-refractivity contribution is -0.155. The first-order valence-corrected chi connectivity index (χ1v) is 9.53. The summed E-state index contributed by atoms with van der Waals surface area (Å²) in [6, 6.07) is 0. The Bertz CT molecular complexity index is 664. The molecule has 138 valence electrons. The van der Waals surface area contributed by atoms with E-state index < -0.39 is 11.4 Å². The second-order valence-corrected chi connectivity index (χ2v) is 8.98. The van der Waals surface area contributed by atoms with Gasteiger partial charge in [0.2, 0.25) is 0 Å². The molecule has 1 aliphatic heterocycles. The van der Waals surface area contributed by atoms with E-state index in [4.69, 9.17) is 9.47 Å². The standard InChI is InChI=1S/C21H30O4/c1-19(2,23)15-10-7-8-13(12-22)16-17-14(15)9-5-6-11-21(17)18(16)24-20(3,4)25-21/h7-8,10,14-15,18,22-23H,5-6,9,11-12H2,1-4H3/b10-7-,13-8-/t14-,15?,18-,21+/m0/s1. The Balaban J connectivity index is 1.90. The van der Waals surface area contributed by atoms with Crippen LogP contribution in [-0.2, 0) is 9.47 Å². The van der Waals surface area contributed by atoms with Crippen molar-refractivity contribution in [2.45, 2.75) is 76.5 Å². The summed E-state index contributed by atoms with van der Waals surface area (Å²) in [6.07, 6.45) is 10.2. The highest BCUT2D eigenvalue weighted by Crippen LogP contribution is 2.62. The van der Waals surface area contributed by atoms with E-state index in [1.54, 1.807) is 0 Å². The summed E-state index contributed by atoms with van der Waals surface area (Å²) < 4.78 is 12.8. The highest BCUT2D eigenvalue weighted by molar-refractivity contribution is 5.58. The molecule has 4 atom stereocenters. The fourth-order valence-corrected chi connectivity index (χ4v) is 5.48. The van der Waals surface area contributed by atoms with Crippen molar-refractivity contribution in [2.75, 3.05) is 6.61 Å². The van der Waals surface area contributed by atoms with Crippen molar-refractivity contribution in [1.82, 2.24) is 0 Å². The van der Waals surface area contributed by atoms with Crippen molar-refractivity contribution in [2.24, 2.45) is 11.8 Å². The maximum Gasteiger partial charge on any atom is 0.165 e. The zero-order chi connectivity index (χ0) is 18.0. The van der Waals surface area contributed by atoms with Gasteiger partial charge in [-0.05, 0) is 63.2 Å². The predicted molar refractivity (Wildman–Crippen MR) is 95.8 cm³/mol. The molecule has 0 bridgehead atoms. The highest BCUT2D eigenvalue weighted by atomic mass is 16.8. The lowest BCUT2D eigenvalue weighted by Crippen LogP contribution is -2.56. The second kappa shape index (κ2) is 5.53. The van der Waals surface area contributed by atoms with Crippen LogP contribution in [0.1, 0.15) is 53.4 Å². The topological polar surface area (TPSA) is 58.9 Å². The van der Waals surface area contributed by atoms with Crippen molar-refractivity contribution >= 4 is 0 Å². The average Bonchev–Trinajstić information content (AvgIpc) is 2.60. The van der Waals surface area contributed by atoms with E-state index in [9.17, 15) is 10.2 Å². The Morgan fingerprint density at radius 3 is 2.72 bits per heavy atom. The van der Waals surface area contributed by atoms with Gasteiger partial charge in [0.1, 0.15) is 11.7 Å². The third-order valence-corrected chi connectivity index (χ3v) is 6.33. The van der Waals surface area contributed by atoms with E-state index in [-0.39, 0.29) is 30.1 Å². The molecule has 1 saturated heterocycles. The fourth-order valence-electron chi connectivity index (χ4n) is 5.48. The van der Waals surface area contributed by atoms with Crippen LogP contribution in [0, 0.1) is 11.8 Å².